The van der Waals surface area contributed by atoms with Crippen LogP contribution in [-0.4, -0.2) is 24.9 Å². The molecule has 1 atom stereocenters. The number of carbonyl (C=O) groups is 2. The summed E-state index contributed by atoms with van der Waals surface area (Å²) in [6.45, 7) is 0. The summed E-state index contributed by atoms with van der Waals surface area (Å²) in [5.74, 6) is -0.552. The standard InChI is InChI=1S/C17H14Cl2N2O2/c1-20-16(22)15-8-10-4-2-3-5-14(10)21(15)17(23)12-9-11(18)6-7-13(12)19/h2-7,9,15H,8H2,1H3,(H,20,22). The molecule has 3 rings (SSSR count). The average Bonchev–Trinajstić information content (AvgIpc) is 2.95. The topological polar surface area (TPSA) is 49.4 Å². The number of hydrogen-bond donors (Lipinski definition) is 1. The number of nitrogens with one attached hydrogen (secondary N) is 1. The number of carbonyl (C=O) groups excluding carboxylic acids is 2. The Labute approximate surface area is 144 Å². The van der Waals surface area contributed by atoms with Gasteiger partial charge in [-0.1, -0.05) is 41.4 Å². The third-order valence-corrected chi connectivity index (χ3v) is 4.47. The van der Waals surface area contributed by atoms with Crippen molar-refractivity contribution in [2.75, 3.05) is 11.9 Å². The lowest BCUT2D eigenvalue weighted by Crippen LogP contribution is -2.47. The molecule has 1 heterocycles. The SMILES string of the molecule is CNC(=O)C1Cc2ccccc2N1C(=O)c1cc(Cl)ccc1Cl. The first-order chi connectivity index (χ1) is 11.0. The minimum Gasteiger partial charge on any atom is -0.357 e. The minimum absolute atomic E-state index is 0.215. The van der Waals surface area contributed by atoms with Gasteiger partial charge in [0.1, 0.15) is 6.04 Å². The summed E-state index contributed by atoms with van der Waals surface area (Å²) in [6.07, 6.45) is 0.472. The number of likely N-dealkylation sites (N-methyl/N-ethyl adjacent to an activating group) is 1. The number of para-hydroxylation sites is 1. The molecular weight excluding hydrogens is 335 g/mol. The van der Waals surface area contributed by atoms with E-state index in [9.17, 15) is 9.59 Å². The van der Waals surface area contributed by atoms with Crippen molar-refractivity contribution < 1.29 is 9.59 Å². The predicted molar refractivity (Wildman–Crippen MR) is 91.3 cm³/mol. The Balaban J connectivity index is 2.08. The molecule has 0 radical (unpaired) electrons. The molecule has 0 saturated heterocycles. The molecular formula is C17H14Cl2N2O2. The van der Waals surface area contributed by atoms with Gasteiger partial charge in [0.2, 0.25) is 5.91 Å². The normalized spacial score (nSPS) is 16.1. The lowest BCUT2D eigenvalue weighted by molar-refractivity contribution is -0.121. The van der Waals surface area contributed by atoms with Crippen molar-refractivity contribution in [1.29, 1.82) is 0 Å². The molecule has 2 amide bonds. The zero-order valence-corrected chi connectivity index (χ0v) is 13.9. The molecule has 1 aliphatic rings. The number of amides is 2. The molecule has 0 bridgehead atoms. The predicted octanol–water partition coefficient (Wildman–Crippen LogP) is 3.31. The molecule has 0 saturated carbocycles. The van der Waals surface area contributed by atoms with Crippen LogP contribution in [-0.2, 0) is 11.2 Å². The molecule has 0 aliphatic carbocycles. The van der Waals surface area contributed by atoms with Crippen molar-refractivity contribution in [3.63, 3.8) is 0 Å². The number of nitrogens with zero attached hydrogens (tertiary/aromatic N) is 1. The van der Waals surface area contributed by atoms with Crippen LogP contribution in [0.25, 0.3) is 0 Å². The Bertz CT molecular complexity index is 792. The summed E-state index contributed by atoms with van der Waals surface area (Å²) < 4.78 is 0. The summed E-state index contributed by atoms with van der Waals surface area (Å²) in [5.41, 5.74) is 1.96. The van der Waals surface area contributed by atoms with Crippen molar-refractivity contribution in [2.45, 2.75) is 12.5 Å². The van der Waals surface area contributed by atoms with E-state index in [4.69, 9.17) is 23.2 Å². The van der Waals surface area contributed by atoms with Gasteiger partial charge >= 0.3 is 0 Å². The van der Waals surface area contributed by atoms with Crippen molar-refractivity contribution in [3.05, 3.63) is 63.6 Å². The molecule has 4 nitrogen and oxygen atoms in total. The molecule has 0 spiro atoms. The molecule has 1 N–H and O–H groups in total. The number of anilines is 1. The van der Waals surface area contributed by atoms with Crippen LogP contribution in [0.1, 0.15) is 15.9 Å². The first-order valence-corrected chi connectivity index (χ1v) is 7.86. The van der Waals surface area contributed by atoms with E-state index in [1.807, 2.05) is 24.3 Å². The van der Waals surface area contributed by atoms with E-state index in [0.29, 0.717) is 16.5 Å². The molecule has 1 unspecified atom stereocenters. The quantitative estimate of drug-likeness (QED) is 0.904. The third-order valence-electron chi connectivity index (χ3n) is 3.90. The second-order valence-corrected chi connectivity index (χ2v) is 6.11. The van der Waals surface area contributed by atoms with E-state index >= 15 is 0 Å². The van der Waals surface area contributed by atoms with Crippen LogP contribution in [0, 0.1) is 0 Å². The number of benzene rings is 2. The van der Waals surface area contributed by atoms with Gasteiger partial charge in [-0.05, 0) is 29.8 Å². The Hall–Kier alpha value is -2.04. The van der Waals surface area contributed by atoms with Gasteiger partial charge in [0.05, 0.1) is 10.6 Å². The summed E-state index contributed by atoms with van der Waals surface area (Å²) in [5, 5.41) is 3.34. The molecule has 1 aliphatic heterocycles. The highest BCUT2D eigenvalue weighted by molar-refractivity contribution is 6.36. The third kappa shape index (κ3) is 2.80. The number of rotatable bonds is 2. The number of halogens is 2. The fourth-order valence-corrected chi connectivity index (χ4v) is 3.18. The number of hydrogen-bond acceptors (Lipinski definition) is 2. The second kappa shape index (κ2) is 6.22. The second-order valence-electron chi connectivity index (χ2n) is 5.26. The highest BCUT2D eigenvalue weighted by Gasteiger charge is 2.38. The lowest BCUT2D eigenvalue weighted by atomic mass is 10.1. The van der Waals surface area contributed by atoms with Gasteiger partial charge in [-0.3, -0.25) is 14.5 Å². The smallest absolute Gasteiger partial charge is 0.260 e. The largest absolute Gasteiger partial charge is 0.357 e. The van der Waals surface area contributed by atoms with Crippen molar-refractivity contribution in [2.24, 2.45) is 0 Å². The number of fused-ring (bicyclic) bond motifs is 1. The summed E-state index contributed by atoms with van der Waals surface area (Å²) in [7, 11) is 1.56. The molecule has 2 aromatic rings. The van der Waals surface area contributed by atoms with E-state index in [0.717, 1.165) is 11.3 Å². The monoisotopic (exact) mass is 348 g/mol. The zero-order valence-electron chi connectivity index (χ0n) is 12.3. The highest BCUT2D eigenvalue weighted by atomic mass is 35.5. The highest BCUT2D eigenvalue weighted by Crippen LogP contribution is 2.35. The molecule has 2 aromatic carbocycles. The molecule has 118 valence electrons. The van der Waals surface area contributed by atoms with Gasteiger partial charge in [-0.25, -0.2) is 0 Å². The van der Waals surface area contributed by atoms with Crippen molar-refractivity contribution in [3.8, 4) is 0 Å². The van der Waals surface area contributed by atoms with Crippen LogP contribution < -0.4 is 10.2 Å². The van der Waals surface area contributed by atoms with Crippen LogP contribution >= 0.6 is 23.2 Å². The maximum atomic E-state index is 13.0. The van der Waals surface area contributed by atoms with Crippen LogP contribution in [0.5, 0.6) is 0 Å². The zero-order chi connectivity index (χ0) is 16.6. The van der Waals surface area contributed by atoms with E-state index in [-0.39, 0.29) is 17.4 Å². The van der Waals surface area contributed by atoms with Gasteiger partial charge in [-0.15, -0.1) is 0 Å². The van der Waals surface area contributed by atoms with Crippen molar-refractivity contribution >= 4 is 40.7 Å². The van der Waals surface area contributed by atoms with Crippen LogP contribution in [0.2, 0.25) is 10.0 Å². The van der Waals surface area contributed by atoms with Gasteiger partial charge in [-0.2, -0.15) is 0 Å². The Kier molecular flexibility index (Phi) is 4.28. The van der Waals surface area contributed by atoms with Gasteiger partial charge in [0.25, 0.3) is 5.91 Å². The Morgan fingerprint density at radius 3 is 2.65 bits per heavy atom. The van der Waals surface area contributed by atoms with E-state index in [1.54, 1.807) is 19.2 Å². The fourth-order valence-electron chi connectivity index (χ4n) is 2.80. The lowest BCUT2D eigenvalue weighted by Gasteiger charge is -2.25. The minimum atomic E-state index is -0.597. The fraction of sp³-hybridized carbons (Fsp3) is 0.176. The van der Waals surface area contributed by atoms with Gasteiger partial charge < -0.3 is 5.32 Å². The molecule has 0 fully saturated rings. The first kappa shape index (κ1) is 15.8. The van der Waals surface area contributed by atoms with Crippen LogP contribution in [0.3, 0.4) is 0 Å². The maximum absolute atomic E-state index is 13.0. The maximum Gasteiger partial charge on any atom is 0.260 e. The van der Waals surface area contributed by atoms with Crippen molar-refractivity contribution in [1.82, 2.24) is 5.32 Å². The summed E-state index contributed by atoms with van der Waals surface area (Å²) in [4.78, 5) is 26.7. The van der Waals surface area contributed by atoms with E-state index < -0.39 is 6.04 Å². The van der Waals surface area contributed by atoms with E-state index in [1.165, 1.54) is 11.0 Å². The summed E-state index contributed by atoms with van der Waals surface area (Å²) in [6, 6.07) is 11.6. The molecule has 0 aromatic heterocycles. The van der Waals surface area contributed by atoms with Gasteiger partial charge in [0, 0.05) is 24.2 Å². The first-order valence-electron chi connectivity index (χ1n) is 7.11. The molecule has 23 heavy (non-hydrogen) atoms. The Morgan fingerprint density at radius 2 is 1.91 bits per heavy atom. The van der Waals surface area contributed by atoms with Crippen LogP contribution in [0.4, 0.5) is 5.69 Å². The molecule has 6 heteroatoms. The average molecular weight is 349 g/mol. The van der Waals surface area contributed by atoms with E-state index in [2.05, 4.69) is 5.32 Å². The summed E-state index contributed by atoms with van der Waals surface area (Å²) >= 11 is 12.1. The Morgan fingerprint density at radius 1 is 1.17 bits per heavy atom. The van der Waals surface area contributed by atoms with Gasteiger partial charge in [0.15, 0.2) is 0 Å². The van der Waals surface area contributed by atoms with Crippen LogP contribution in [0.15, 0.2) is 42.5 Å².